The molecule has 0 unspecified atom stereocenters. The highest BCUT2D eigenvalue weighted by molar-refractivity contribution is 6.35. The topological polar surface area (TPSA) is 74.0 Å². The van der Waals surface area contributed by atoms with Crippen molar-refractivity contribution < 1.29 is 18.3 Å². The zero-order chi connectivity index (χ0) is 23.5. The Morgan fingerprint density at radius 1 is 1.00 bits per heavy atom. The average Bonchev–Trinajstić information content (AvgIpc) is 3.36. The molecular weight excluding hydrogens is 499 g/mol. The van der Waals surface area contributed by atoms with E-state index in [1.807, 2.05) is 0 Å². The summed E-state index contributed by atoms with van der Waals surface area (Å²) >= 11 is 18.3. The van der Waals surface area contributed by atoms with Gasteiger partial charge in [0.1, 0.15) is 10.8 Å². The number of anilines is 1. The maximum atomic E-state index is 13.7. The van der Waals surface area contributed by atoms with E-state index < -0.39 is 17.5 Å². The number of amides is 1. The second-order valence-electron chi connectivity index (χ2n) is 6.80. The minimum absolute atomic E-state index is 0.0598. The second kappa shape index (κ2) is 9.78. The van der Waals surface area contributed by atoms with Gasteiger partial charge in [-0.15, -0.1) is 0 Å². The Balaban J connectivity index is 1.39. The predicted molar refractivity (Wildman–Crippen MR) is 120 cm³/mol. The number of hydrogen-bond acceptors (Lipinski definition) is 4. The van der Waals surface area contributed by atoms with E-state index in [9.17, 15) is 13.6 Å². The lowest BCUT2D eigenvalue weighted by Gasteiger charge is -2.07. The van der Waals surface area contributed by atoms with Crippen molar-refractivity contribution in [2.45, 2.75) is 13.3 Å². The van der Waals surface area contributed by atoms with E-state index in [0.29, 0.717) is 22.7 Å². The Labute approximate surface area is 201 Å². The third-order valence-corrected chi connectivity index (χ3v) is 5.28. The van der Waals surface area contributed by atoms with Crippen molar-refractivity contribution in [3.8, 4) is 5.75 Å². The van der Waals surface area contributed by atoms with Crippen LogP contribution in [-0.2, 0) is 13.3 Å². The molecule has 1 amide bonds. The molecule has 170 valence electrons. The molecule has 0 atom stereocenters. The number of nitrogens with zero attached hydrogens (tertiary/aromatic N) is 4. The van der Waals surface area contributed by atoms with Crippen LogP contribution < -0.4 is 10.1 Å². The maximum Gasteiger partial charge on any atom is 0.277 e. The van der Waals surface area contributed by atoms with Gasteiger partial charge in [0.15, 0.2) is 29.8 Å². The number of ether oxygens (including phenoxy) is 1. The zero-order valence-corrected chi connectivity index (χ0v) is 18.9. The Kier molecular flexibility index (Phi) is 6.83. The number of carbonyl (C=O) groups excluding carboxylic acids is 1. The van der Waals surface area contributed by atoms with Crippen LogP contribution in [-0.4, -0.2) is 25.5 Å². The number of hydrogen-bond donors (Lipinski definition) is 1. The molecule has 0 aliphatic carbocycles. The van der Waals surface area contributed by atoms with Crippen LogP contribution in [0.5, 0.6) is 5.75 Å². The lowest BCUT2D eigenvalue weighted by molar-refractivity contribution is 0.101. The van der Waals surface area contributed by atoms with Crippen molar-refractivity contribution in [1.29, 1.82) is 0 Å². The zero-order valence-electron chi connectivity index (χ0n) is 16.6. The molecule has 4 rings (SSSR count). The molecule has 2 aromatic heterocycles. The van der Waals surface area contributed by atoms with Crippen LogP contribution in [0, 0.1) is 11.6 Å². The standard InChI is InChI=1S/C21H14Cl3F2N5O2/c22-13-2-1-12(15(23)7-13)9-31-10-16(24)20(29-31)27-21(32)18-5-6-30(28-18)11-33-19-4-3-14(25)8-17(19)26/h1-8,10H,9,11H2,(H,27,29,32). The smallest absolute Gasteiger partial charge is 0.277 e. The minimum atomic E-state index is -0.842. The van der Waals surface area contributed by atoms with Crippen molar-refractivity contribution in [2.24, 2.45) is 0 Å². The van der Waals surface area contributed by atoms with Gasteiger partial charge in [-0.05, 0) is 35.9 Å². The minimum Gasteiger partial charge on any atom is -0.468 e. The molecule has 2 aromatic carbocycles. The van der Waals surface area contributed by atoms with Crippen LogP contribution in [0.15, 0.2) is 54.9 Å². The van der Waals surface area contributed by atoms with Crippen LogP contribution in [0.3, 0.4) is 0 Å². The molecule has 7 nitrogen and oxygen atoms in total. The fourth-order valence-corrected chi connectivity index (χ4v) is 3.51. The number of rotatable bonds is 7. The van der Waals surface area contributed by atoms with Crippen molar-refractivity contribution >= 4 is 46.5 Å². The van der Waals surface area contributed by atoms with E-state index in [1.54, 1.807) is 24.4 Å². The molecule has 2 heterocycles. The molecule has 0 aliphatic rings. The van der Waals surface area contributed by atoms with Gasteiger partial charge in [0.25, 0.3) is 5.91 Å². The van der Waals surface area contributed by atoms with Gasteiger partial charge in [-0.25, -0.2) is 13.5 Å². The van der Waals surface area contributed by atoms with E-state index >= 15 is 0 Å². The molecule has 0 saturated heterocycles. The van der Waals surface area contributed by atoms with Crippen molar-refractivity contribution in [3.63, 3.8) is 0 Å². The lowest BCUT2D eigenvalue weighted by atomic mass is 10.2. The first kappa shape index (κ1) is 23.0. The maximum absolute atomic E-state index is 13.7. The van der Waals surface area contributed by atoms with Crippen molar-refractivity contribution in [1.82, 2.24) is 19.6 Å². The lowest BCUT2D eigenvalue weighted by Crippen LogP contribution is -2.15. The molecule has 0 aliphatic heterocycles. The third kappa shape index (κ3) is 5.62. The predicted octanol–water partition coefficient (Wildman–Crippen LogP) is 5.66. The molecule has 12 heteroatoms. The van der Waals surface area contributed by atoms with Gasteiger partial charge in [0.2, 0.25) is 0 Å². The summed E-state index contributed by atoms with van der Waals surface area (Å²) in [6, 6.07) is 9.49. The van der Waals surface area contributed by atoms with Gasteiger partial charge >= 0.3 is 0 Å². The highest BCUT2D eigenvalue weighted by atomic mass is 35.5. The number of nitrogens with one attached hydrogen (secondary N) is 1. The normalized spacial score (nSPS) is 10.9. The molecule has 0 radical (unpaired) electrons. The number of aromatic nitrogens is 4. The molecule has 0 spiro atoms. The Bertz CT molecular complexity index is 1330. The van der Waals surface area contributed by atoms with Crippen LogP contribution in [0.25, 0.3) is 0 Å². The summed E-state index contributed by atoms with van der Waals surface area (Å²) in [5.41, 5.74) is 0.832. The average molecular weight is 513 g/mol. The molecule has 0 fully saturated rings. The molecular formula is C21H14Cl3F2N5O2. The van der Waals surface area contributed by atoms with Gasteiger partial charge in [0, 0.05) is 28.5 Å². The Morgan fingerprint density at radius 2 is 1.82 bits per heavy atom. The van der Waals surface area contributed by atoms with Gasteiger partial charge in [-0.2, -0.15) is 10.2 Å². The van der Waals surface area contributed by atoms with Gasteiger partial charge in [0.05, 0.1) is 6.54 Å². The van der Waals surface area contributed by atoms with Gasteiger partial charge in [-0.3, -0.25) is 9.48 Å². The summed E-state index contributed by atoms with van der Waals surface area (Å²) in [4.78, 5) is 12.5. The van der Waals surface area contributed by atoms with Gasteiger partial charge < -0.3 is 10.1 Å². The molecule has 4 aromatic rings. The molecule has 0 saturated carbocycles. The second-order valence-corrected chi connectivity index (χ2v) is 8.05. The third-order valence-electron chi connectivity index (χ3n) is 4.42. The summed E-state index contributed by atoms with van der Waals surface area (Å²) < 4.78 is 34.7. The van der Waals surface area contributed by atoms with E-state index in [-0.39, 0.29) is 29.0 Å². The first-order valence-electron chi connectivity index (χ1n) is 9.38. The van der Waals surface area contributed by atoms with Crippen LogP contribution >= 0.6 is 34.8 Å². The van der Waals surface area contributed by atoms with Crippen LogP contribution in [0.2, 0.25) is 15.1 Å². The monoisotopic (exact) mass is 511 g/mol. The summed E-state index contributed by atoms with van der Waals surface area (Å²) in [5, 5.41) is 12.1. The van der Waals surface area contributed by atoms with Crippen molar-refractivity contribution in [2.75, 3.05) is 5.32 Å². The largest absolute Gasteiger partial charge is 0.468 e. The van der Waals surface area contributed by atoms with E-state index in [0.717, 1.165) is 17.7 Å². The Hall–Kier alpha value is -3.14. The summed E-state index contributed by atoms with van der Waals surface area (Å²) in [5.74, 6) is -2.11. The summed E-state index contributed by atoms with van der Waals surface area (Å²) in [6.45, 7) is 0.130. The first-order valence-corrected chi connectivity index (χ1v) is 10.5. The summed E-state index contributed by atoms with van der Waals surface area (Å²) in [6.07, 6.45) is 3.02. The number of carbonyl (C=O) groups is 1. The number of benzene rings is 2. The first-order chi connectivity index (χ1) is 15.8. The summed E-state index contributed by atoms with van der Waals surface area (Å²) in [7, 11) is 0. The fourth-order valence-electron chi connectivity index (χ4n) is 2.84. The van der Waals surface area contributed by atoms with Crippen LogP contribution in [0.1, 0.15) is 16.1 Å². The highest BCUT2D eigenvalue weighted by Crippen LogP contribution is 2.24. The molecule has 1 N–H and O–H groups in total. The fraction of sp³-hybridized carbons (Fsp3) is 0.0952. The highest BCUT2D eigenvalue weighted by Gasteiger charge is 2.16. The van der Waals surface area contributed by atoms with E-state index in [1.165, 1.54) is 21.6 Å². The van der Waals surface area contributed by atoms with Gasteiger partial charge in [-0.1, -0.05) is 40.9 Å². The SMILES string of the molecule is O=C(Nc1nn(Cc2ccc(Cl)cc2Cl)cc1Cl)c1ccn(COc2ccc(F)cc2F)n1. The van der Waals surface area contributed by atoms with Crippen LogP contribution in [0.4, 0.5) is 14.6 Å². The van der Waals surface area contributed by atoms with E-state index in [4.69, 9.17) is 39.5 Å². The Morgan fingerprint density at radius 3 is 2.58 bits per heavy atom. The quantitative estimate of drug-likeness (QED) is 0.347. The molecule has 0 bridgehead atoms. The van der Waals surface area contributed by atoms with Crippen molar-refractivity contribution in [3.05, 3.63) is 92.8 Å². The van der Waals surface area contributed by atoms with E-state index in [2.05, 4.69) is 15.5 Å². The molecule has 33 heavy (non-hydrogen) atoms. The number of halogens is 5.